The lowest BCUT2D eigenvalue weighted by Gasteiger charge is -2.14. The number of aryl methyl sites for hydroxylation is 1. The molecule has 1 aliphatic carbocycles. The Morgan fingerprint density at radius 3 is 2.71 bits per heavy atom. The van der Waals surface area contributed by atoms with Crippen molar-refractivity contribution in [1.82, 2.24) is 14.8 Å². The Balaban J connectivity index is 2.25. The number of H-pyrrole nitrogens is 1. The minimum atomic E-state index is -0.789. The molecular weight excluding hydrogens is 242 g/mol. The number of aromatic nitrogens is 3. The summed E-state index contributed by atoms with van der Waals surface area (Å²) in [5, 5.41) is 2.96. The van der Waals surface area contributed by atoms with Gasteiger partial charge in [-0.05, 0) is 6.42 Å². The van der Waals surface area contributed by atoms with Crippen LogP contribution in [-0.4, -0.2) is 25.8 Å². The molecule has 17 heavy (non-hydrogen) atoms. The van der Waals surface area contributed by atoms with Gasteiger partial charge in [0.15, 0.2) is 5.16 Å². The van der Waals surface area contributed by atoms with Gasteiger partial charge in [0.1, 0.15) is 5.78 Å². The summed E-state index contributed by atoms with van der Waals surface area (Å²) in [5.74, 6) is 0.223. The summed E-state index contributed by atoms with van der Waals surface area (Å²) in [6.07, 6.45) is 1.37. The molecule has 7 heteroatoms. The Morgan fingerprint density at radius 1 is 1.41 bits per heavy atom. The van der Waals surface area contributed by atoms with Crippen LogP contribution in [-0.2, 0) is 11.8 Å². The Kier molecular flexibility index (Phi) is 3.19. The summed E-state index contributed by atoms with van der Waals surface area (Å²) in [6.45, 7) is 1.89. The molecule has 0 aromatic carbocycles. The monoisotopic (exact) mass is 255 g/mol. The first-order chi connectivity index (χ1) is 7.99. The lowest BCUT2D eigenvalue weighted by Crippen LogP contribution is -2.34. The van der Waals surface area contributed by atoms with Crippen molar-refractivity contribution in [3.05, 3.63) is 20.7 Å². The van der Waals surface area contributed by atoms with Crippen LogP contribution in [0.3, 0.4) is 0 Å². The van der Waals surface area contributed by atoms with E-state index in [0.717, 1.165) is 6.42 Å². The number of hydrogen-bond donors (Lipinski definition) is 1. The van der Waals surface area contributed by atoms with Gasteiger partial charge in [-0.3, -0.25) is 24.2 Å². The summed E-state index contributed by atoms with van der Waals surface area (Å²) in [7, 11) is 1.62. The number of ketones is 1. The topological polar surface area (TPSA) is 84.8 Å². The number of thioether (sulfide) groups is 1. The first-order valence-corrected chi connectivity index (χ1v) is 6.23. The Bertz CT molecular complexity index is 563. The van der Waals surface area contributed by atoms with E-state index in [1.54, 1.807) is 7.05 Å². The second-order valence-electron chi connectivity index (χ2n) is 4.15. The van der Waals surface area contributed by atoms with Crippen molar-refractivity contribution >= 4 is 17.5 Å². The molecule has 1 N–H and O–H groups in total. The zero-order valence-corrected chi connectivity index (χ0v) is 10.4. The Labute approximate surface area is 101 Å². The molecule has 1 saturated carbocycles. The normalized spacial score (nSPS) is 24.2. The van der Waals surface area contributed by atoms with E-state index >= 15 is 0 Å². The van der Waals surface area contributed by atoms with Crippen molar-refractivity contribution in [2.75, 3.05) is 0 Å². The SMILES string of the molecule is CC1C(=O)CCC1Sc1nc(=O)c(=O)[nH]n1C. The molecule has 0 aliphatic heterocycles. The van der Waals surface area contributed by atoms with E-state index < -0.39 is 11.1 Å². The van der Waals surface area contributed by atoms with Crippen LogP contribution in [0.5, 0.6) is 0 Å². The minimum Gasteiger partial charge on any atom is -0.299 e. The smallest absolute Gasteiger partial charge is 0.299 e. The van der Waals surface area contributed by atoms with Crippen LogP contribution in [0.1, 0.15) is 19.8 Å². The average Bonchev–Trinajstić information content (AvgIpc) is 2.58. The number of carbonyl (C=O) groups is 1. The molecule has 1 aliphatic rings. The predicted octanol–water partition coefficient (Wildman–Crippen LogP) is -0.0717. The zero-order chi connectivity index (χ0) is 12.6. The molecule has 2 rings (SSSR count). The minimum absolute atomic E-state index is 0.0242. The van der Waals surface area contributed by atoms with Crippen molar-refractivity contribution in [1.29, 1.82) is 0 Å². The second kappa shape index (κ2) is 4.48. The third-order valence-corrected chi connectivity index (χ3v) is 4.47. The molecule has 0 radical (unpaired) electrons. The molecule has 2 unspecified atom stereocenters. The number of nitrogens with one attached hydrogen (secondary N) is 1. The molecule has 2 atom stereocenters. The fraction of sp³-hybridized carbons (Fsp3) is 0.600. The number of hydrogen-bond acceptors (Lipinski definition) is 5. The van der Waals surface area contributed by atoms with Gasteiger partial charge in [-0.15, -0.1) is 0 Å². The highest BCUT2D eigenvalue weighted by Gasteiger charge is 2.32. The molecule has 1 heterocycles. The van der Waals surface area contributed by atoms with Crippen molar-refractivity contribution in [2.24, 2.45) is 13.0 Å². The fourth-order valence-electron chi connectivity index (χ4n) is 1.83. The van der Waals surface area contributed by atoms with E-state index in [-0.39, 0.29) is 17.0 Å². The van der Waals surface area contributed by atoms with Crippen molar-refractivity contribution < 1.29 is 4.79 Å². The molecule has 6 nitrogen and oxygen atoms in total. The molecule has 1 fully saturated rings. The second-order valence-corrected chi connectivity index (χ2v) is 5.36. The van der Waals surface area contributed by atoms with E-state index in [4.69, 9.17) is 0 Å². The maximum atomic E-state index is 11.4. The average molecular weight is 255 g/mol. The first kappa shape index (κ1) is 12.1. The number of carbonyl (C=O) groups excluding carboxylic acids is 1. The quantitative estimate of drug-likeness (QED) is 0.748. The third-order valence-electron chi connectivity index (χ3n) is 2.95. The zero-order valence-electron chi connectivity index (χ0n) is 9.60. The molecule has 0 amide bonds. The predicted molar refractivity (Wildman–Crippen MR) is 63.1 cm³/mol. The first-order valence-electron chi connectivity index (χ1n) is 5.36. The van der Waals surface area contributed by atoms with Gasteiger partial charge in [0.25, 0.3) is 0 Å². The fourth-order valence-corrected chi connectivity index (χ4v) is 3.03. The highest BCUT2D eigenvalue weighted by atomic mass is 32.2. The van der Waals surface area contributed by atoms with Crippen molar-refractivity contribution in [3.8, 4) is 0 Å². The maximum absolute atomic E-state index is 11.4. The third kappa shape index (κ3) is 2.33. The molecular formula is C10H13N3O3S. The lowest BCUT2D eigenvalue weighted by atomic mass is 10.1. The maximum Gasteiger partial charge on any atom is 0.339 e. The largest absolute Gasteiger partial charge is 0.339 e. The van der Waals surface area contributed by atoms with E-state index in [9.17, 15) is 14.4 Å². The van der Waals surface area contributed by atoms with Crippen LogP contribution in [0.4, 0.5) is 0 Å². The van der Waals surface area contributed by atoms with Gasteiger partial charge in [0.2, 0.25) is 0 Å². The number of aromatic amines is 1. The number of rotatable bonds is 2. The number of nitrogens with zero attached hydrogens (tertiary/aromatic N) is 2. The van der Waals surface area contributed by atoms with Crippen molar-refractivity contribution in [2.45, 2.75) is 30.2 Å². The lowest BCUT2D eigenvalue weighted by molar-refractivity contribution is -0.120. The summed E-state index contributed by atoms with van der Waals surface area (Å²) in [5.41, 5.74) is -1.52. The highest BCUT2D eigenvalue weighted by Crippen LogP contribution is 2.35. The molecule has 0 spiro atoms. The van der Waals surface area contributed by atoms with Gasteiger partial charge in [0.05, 0.1) is 0 Å². The Morgan fingerprint density at radius 2 is 2.12 bits per heavy atom. The van der Waals surface area contributed by atoms with Gasteiger partial charge in [-0.2, -0.15) is 4.98 Å². The van der Waals surface area contributed by atoms with E-state index in [0.29, 0.717) is 11.6 Å². The molecule has 1 aromatic heterocycles. The summed E-state index contributed by atoms with van der Waals surface area (Å²) >= 11 is 1.37. The van der Waals surface area contributed by atoms with E-state index in [2.05, 4.69) is 10.1 Å². The van der Waals surface area contributed by atoms with Crippen LogP contribution in [0, 0.1) is 5.92 Å². The van der Waals surface area contributed by atoms with Gasteiger partial charge in [0, 0.05) is 24.6 Å². The molecule has 1 aromatic rings. The summed E-state index contributed by atoms with van der Waals surface area (Å²) in [4.78, 5) is 37.3. The van der Waals surface area contributed by atoms with Crippen molar-refractivity contribution in [3.63, 3.8) is 0 Å². The van der Waals surface area contributed by atoms with Crippen LogP contribution < -0.4 is 11.1 Å². The van der Waals surface area contributed by atoms with Crippen LogP contribution in [0.25, 0.3) is 0 Å². The van der Waals surface area contributed by atoms with Gasteiger partial charge < -0.3 is 0 Å². The molecule has 0 saturated heterocycles. The van der Waals surface area contributed by atoms with E-state index in [1.807, 2.05) is 6.92 Å². The van der Waals surface area contributed by atoms with Gasteiger partial charge in [-0.1, -0.05) is 18.7 Å². The van der Waals surface area contributed by atoms with Crippen LogP contribution >= 0.6 is 11.8 Å². The summed E-state index contributed by atoms with van der Waals surface area (Å²) < 4.78 is 1.42. The van der Waals surface area contributed by atoms with E-state index in [1.165, 1.54) is 16.4 Å². The molecule has 92 valence electrons. The molecule has 0 bridgehead atoms. The Hall–Kier alpha value is -1.37. The van der Waals surface area contributed by atoms with Gasteiger partial charge >= 0.3 is 11.1 Å². The van der Waals surface area contributed by atoms with Crippen LogP contribution in [0.2, 0.25) is 0 Å². The summed E-state index contributed by atoms with van der Waals surface area (Å²) in [6, 6.07) is 0. The van der Waals surface area contributed by atoms with Gasteiger partial charge in [-0.25, -0.2) is 0 Å². The van der Waals surface area contributed by atoms with Crippen LogP contribution in [0.15, 0.2) is 14.7 Å². The number of Topliss-reactive ketones (excluding diaryl/α,β-unsaturated/α-hetero) is 1. The highest BCUT2D eigenvalue weighted by molar-refractivity contribution is 7.99. The standard InChI is InChI=1S/C10H13N3O3S/c1-5-6(14)3-4-7(5)17-10-11-8(15)9(16)12-13(10)2/h5,7H,3-4H2,1-2H3,(H,12,16).